The second kappa shape index (κ2) is 63.6. The summed E-state index contributed by atoms with van der Waals surface area (Å²) in [5, 5.41) is 0. The molecule has 0 aromatic heterocycles. The Kier molecular flexibility index (Phi) is 1050. The molecule has 0 amide bonds. The predicted molar refractivity (Wildman–Crippen MR) is 36.2 cm³/mol. The van der Waals surface area contributed by atoms with Crippen molar-refractivity contribution in [2.75, 3.05) is 0 Å². The van der Waals surface area contributed by atoms with E-state index in [-0.39, 0.29) is 79.4 Å². The van der Waals surface area contributed by atoms with Gasteiger partial charge in [-0.1, -0.05) is 0 Å². The van der Waals surface area contributed by atoms with Crippen LogP contribution >= 0.6 is 62.0 Å². The van der Waals surface area contributed by atoms with E-state index in [1.165, 1.54) is 0 Å². The molecule has 0 nitrogen and oxygen atoms in total. The third kappa shape index (κ3) is 37.8. The van der Waals surface area contributed by atoms with E-state index in [2.05, 4.69) is 0 Å². The van der Waals surface area contributed by atoms with E-state index >= 15 is 0 Å². The topological polar surface area (TPSA) is 0 Å². The molecule has 0 heterocycles. The molecule has 0 aliphatic rings. The first-order valence-corrected chi connectivity index (χ1v) is 0. The van der Waals surface area contributed by atoms with Crippen LogP contribution < -0.4 is 0 Å². The third-order valence-electron chi connectivity index (χ3n) is 0. The summed E-state index contributed by atoms with van der Waals surface area (Å²) in [5.74, 6) is 0. The zero-order chi connectivity index (χ0) is 0. The Hall–Kier alpha value is 1.98. The Morgan fingerprint density at radius 1 is 0.333 bits per heavy atom. The molecule has 0 N–H and O–H groups in total. The zero-order valence-corrected chi connectivity index (χ0v) is 7.81. The van der Waals surface area contributed by atoms with Crippen LogP contribution in [0.3, 0.4) is 0 Å². The van der Waals surface area contributed by atoms with Gasteiger partial charge >= 0.3 is 0 Å². The van der Waals surface area contributed by atoms with Gasteiger partial charge < -0.3 is 0 Å². The Morgan fingerprint density at radius 3 is 0.333 bits per heavy atom. The van der Waals surface area contributed by atoms with Crippen LogP contribution in [0.5, 0.6) is 0 Å². The van der Waals surface area contributed by atoms with Crippen molar-refractivity contribution >= 4 is 62.0 Å². The van der Waals surface area contributed by atoms with E-state index in [0.717, 1.165) is 0 Å². The van der Waals surface area contributed by atoms with E-state index in [9.17, 15) is 0 Å². The molecule has 0 radical (unpaired) electrons. The standard InChI is InChI=1S/5ClH.Cr/h5*1H;. The summed E-state index contributed by atoms with van der Waals surface area (Å²) < 4.78 is 0. The number of hydrogen-bond donors (Lipinski definition) is 0. The minimum Gasteiger partial charge on any atom is -0.147 e. The summed E-state index contributed by atoms with van der Waals surface area (Å²) in [7, 11) is 0. The van der Waals surface area contributed by atoms with Gasteiger partial charge in [0.05, 0.1) is 0 Å². The van der Waals surface area contributed by atoms with Gasteiger partial charge in [-0.2, -0.15) is 0 Å². The first kappa shape index (κ1) is 99.0. The van der Waals surface area contributed by atoms with E-state index < -0.39 is 0 Å². The smallest absolute Gasteiger partial charge is 0 e. The normalized spacial score (nSPS) is 0. The second-order valence-electron chi connectivity index (χ2n) is 0. The van der Waals surface area contributed by atoms with Gasteiger partial charge in [-0.15, -0.1) is 62.0 Å². The molecule has 0 aromatic rings. The summed E-state index contributed by atoms with van der Waals surface area (Å²) >= 11 is 0. The summed E-state index contributed by atoms with van der Waals surface area (Å²) in [5.41, 5.74) is 0. The van der Waals surface area contributed by atoms with Gasteiger partial charge in [-0.25, -0.2) is 0 Å². The first-order valence-electron chi connectivity index (χ1n) is 0. The Labute approximate surface area is 79.0 Å². The van der Waals surface area contributed by atoms with Gasteiger partial charge in [0.2, 0.25) is 0 Å². The van der Waals surface area contributed by atoms with Crippen molar-refractivity contribution in [1.82, 2.24) is 0 Å². The molecule has 0 saturated heterocycles. The van der Waals surface area contributed by atoms with Crippen molar-refractivity contribution in [3.05, 3.63) is 0 Å². The first-order chi connectivity index (χ1) is 0. The van der Waals surface area contributed by atoms with Crippen LogP contribution in [-0.2, 0) is 17.4 Å². The molecular weight excluding hydrogens is 229 g/mol. The summed E-state index contributed by atoms with van der Waals surface area (Å²) in [6.45, 7) is 0. The van der Waals surface area contributed by atoms with Crippen LogP contribution in [0.15, 0.2) is 0 Å². The minimum absolute atomic E-state index is 0. The van der Waals surface area contributed by atoms with E-state index in [4.69, 9.17) is 0 Å². The van der Waals surface area contributed by atoms with Crippen molar-refractivity contribution < 1.29 is 17.4 Å². The molecule has 0 unspecified atom stereocenters. The Morgan fingerprint density at radius 2 is 0.333 bits per heavy atom. The van der Waals surface area contributed by atoms with E-state index in [1.54, 1.807) is 0 Å². The number of halogens is 5. The van der Waals surface area contributed by atoms with Crippen LogP contribution in [0.1, 0.15) is 0 Å². The van der Waals surface area contributed by atoms with Gasteiger partial charge in [0.25, 0.3) is 0 Å². The average Bonchev–Trinajstić information content (AvgIpc) is 0. The monoisotopic (exact) mass is 232 g/mol. The number of hydrogen-bond acceptors (Lipinski definition) is 0. The molecule has 0 bridgehead atoms. The maximum absolute atomic E-state index is 0. The molecule has 46 valence electrons. The van der Waals surface area contributed by atoms with Gasteiger partial charge in [0.15, 0.2) is 0 Å². The van der Waals surface area contributed by atoms with Gasteiger partial charge in [0, 0.05) is 17.4 Å². The largest absolute Gasteiger partial charge is 0.147 e. The predicted octanol–water partition coefficient (Wildman–Crippen LogP) is 2.11. The fourth-order valence-electron chi connectivity index (χ4n) is 0. The van der Waals surface area contributed by atoms with E-state index in [1.807, 2.05) is 0 Å². The van der Waals surface area contributed by atoms with Crippen LogP contribution in [0.4, 0.5) is 0 Å². The Balaban J connectivity index is 0. The summed E-state index contributed by atoms with van der Waals surface area (Å²) in [6, 6.07) is 0. The molecule has 0 atom stereocenters. The van der Waals surface area contributed by atoms with Gasteiger partial charge in [-0.05, 0) is 0 Å². The molecule has 0 spiro atoms. The van der Waals surface area contributed by atoms with Gasteiger partial charge in [0.1, 0.15) is 0 Å². The molecule has 0 aromatic carbocycles. The van der Waals surface area contributed by atoms with Crippen molar-refractivity contribution in [3.63, 3.8) is 0 Å². The van der Waals surface area contributed by atoms with Crippen LogP contribution in [-0.4, -0.2) is 0 Å². The molecule has 0 rings (SSSR count). The number of rotatable bonds is 0. The molecule has 6 heavy (non-hydrogen) atoms. The van der Waals surface area contributed by atoms with E-state index in [0.29, 0.717) is 0 Å². The van der Waals surface area contributed by atoms with Crippen molar-refractivity contribution in [3.8, 4) is 0 Å². The van der Waals surface area contributed by atoms with Crippen LogP contribution in [0.2, 0.25) is 0 Å². The van der Waals surface area contributed by atoms with Crippen molar-refractivity contribution in [2.24, 2.45) is 0 Å². The molecule has 0 saturated carbocycles. The third-order valence-corrected chi connectivity index (χ3v) is 0. The van der Waals surface area contributed by atoms with Gasteiger partial charge in [-0.3, -0.25) is 0 Å². The Bertz CT molecular complexity index is 3.90. The molecule has 0 fully saturated rings. The SMILES string of the molecule is Cl.Cl.Cl.Cl.Cl.[Cr]. The van der Waals surface area contributed by atoms with Crippen LogP contribution in [0, 0.1) is 0 Å². The summed E-state index contributed by atoms with van der Waals surface area (Å²) in [4.78, 5) is 0. The fraction of sp³-hybridized carbons (Fsp3) is 0. The second-order valence-corrected chi connectivity index (χ2v) is 0. The fourth-order valence-corrected chi connectivity index (χ4v) is 0. The van der Waals surface area contributed by atoms with Crippen LogP contribution in [0.25, 0.3) is 0 Å². The maximum atomic E-state index is 0. The maximum Gasteiger partial charge on any atom is 0 e. The van der Waals surface area contributed by atoms with Crippen molar-refractivity contribution in [1.29, 1.82) is 0 Å². The molecule has 6 heteroatoms. The molecule has 0 aliphatic heterocycles. The molecule has 0 aliphatic carbocycles. The summed E-state index contributed by atoms with van der Waals surface area (Å²) in [6.07, 6.45) is 0. The van der Waals surface area contributed by atoms with Crippen molar-refractivity contribution in [2.45, 2.75) is 0 Å². The zero-order valence-electron chi connectivity index (χ0n) is 2.45. The average molecular weight is 234 g/mol. The quantitative estimate of drug-likeness (QED) is 0.602. The minimum atomic E-state index is 0. The molecular formula is H5Cl5Cr.